The Morgan fingerprint density at radius 3 is 2.41 bits per heavy atom. The number of piperidine rings is 1. The summed E-state index contributed by atoms with van der Waals surface area (Å²) in [6.07, 6.45) is 1.75. The van der Waals surface area contributed by atoms with Gasteiger partial charge in [0, 0.05) is 24.7 Å². The molecule has 27 heavy (non-hydrogen) atoms. The Hall–Kier alpha value is -2.82. The highest BCUT2D eigenvalue weighted by Gasteiger charge is 2.27. The van der Waals surface area contributed by atoms with E-state index in [1.54, 1.807) is 0 Å². The van der Waals surface area contributed by atoms with E-state index >= 15 is 0 Å². The molecule has 0 saturated carbocycles. The number of amides is 2. The zero-order chi connectivity index (χ0) is 19.1. The number of aryl methyl sites for hydroxylation is 1. The predicted molar refractivity (Wildman–Crippen MR) is 106 cm³/mol. The molecule has 3 rings (SSSR count). The number of carbonyl (C=O) groups excluding carboxylic acids is 2. The Morgan fingerprint density at radius 1 is 1.04 bits per heavy atom. The third kappa shape index (κ3) is 5.33. The molecule has 5 nitrogen and oxygen atoms in total. The maximum absolute atomic E-state index is 12.4. The Balaban J connectivity index is 1.40. The van der Waals surface area contributed by atoms with Gasteiger partial charge >= 0.3 is 0 Å². The fraction of sp³-hybridized carbons (Fsp3) is 0.364. The fourth-order valence-electron chi connectivity index (χ4n) is 3.28. The minimum Gasteiger partial charge on any atom is -0.493 e. The van der Waals surface area contributed by atoms with Gasteiger partial charge in [-0.05, 0) is 43.5 Å². The lowest BCUT2D eigenvalue weighted by Crippen LogP contribution is -2.41. The molecule has 1 heterocycles. The van der Waals surface area contributed by atoms with Crippen LogP contribution in [-0.2, 0) is 9.59 Å². The topological polar surface area (TPSA) is 58.6 Å². The highest BCUT2D eigenvalue weighted by Crippen LogP contribution is 2.21. The van der Waals surface area contributed by atoms with E-state index in [4.69, 9.17) is 4.74 Å². The number of nitrogens with zero attached hydrogens (tertiary/aromatic N) is 1. The Kier molecular flexibility index (Phi) is 6.47. The number of benzene rings is 2. The zero-order valence-electron chi connectivity index (χ0n) is 15.7. The van der Waals surface area contributed by atoms with Crippen molar-refractivity contribution in [1.82, 2.24) is 4.90 Å². The second-order valence-corrected chi connectivity index (χ2v) is 6.87. The first kappa shape index (κ1) is 19.0. The molecule has 5 heteroatoms. The molecule has 1 N–H and O–H groups in total. The summed E-state index contributed by atoms with van der Waals surface area (Å²) in [6.45, 7) is 3.60. The van der Waals surface area contributed by atoms with E-state index < -0.39 is 0 Å². The van der Waals surface area contributed by atoms with Gasteiger partial charge in [0.2, 0.25) is 11.8 Å². The smallest absolute Gasteiger partial charge is 0.227 e. The van der Waals surface area contributed by atoms with Crippen molar-refractivity contribution in [1.29, 1.82) is 0 Å². The number of ether oxygens (including phenoxy) is 1. The zero-order valence-corrected chi connectivity index (χ0v) is 15.7. The van der Waals surface area contributed by atoms with Gasteiger partial charge in [0.25, 0.3) is 0 Å². The van der Waals surface area contributed by atoms with Crippen LogP contribution in [0.3, 0.4) is 0 Å². The predicted octanol–water partition coefficient (Wildman–Crippen LogP) is 3.64. The molecule has 0 bridgehead atoms. The summed E-state index contributed by atoms with van der Waals surface area (Å²) in [4.78, 5) is 26.6. The van der Waals surface area contributed by atoms with Gasteiger partial charge in [0.05, 0.1) is 13.0 Å². The summed E-state index contributed by atoms with van der Waals surface area (Å²) >= 11 is 0. The summed E-state index contributed by atoms with van der Waals surface area (Å²) in [5.41, 5.74) is 1.88. The van der Waals surface area contributed by atoms with Crippen molar-refractivity contribution in [2.45, 2.75) is 26.2 Å². The van der Waals surface area contributed by atoms with Gasteiger partial charge in [-0.25, -0.2) is 0 Å². The molecule has 1 fully saturated rings. The number of carbonyl (C=O) groups is 2. The minimum atomic E-state index is -0.0440. The van der Waals surface area contributed by atoms with E-state index in [1.165, 1.54) is 0 Å². The summed E-state index contributed by atoms with van der Waals surface area (Å²) in [7, 11) is 0. The monoisotopic (exact) mass is 366 g/mol. The average molecular weight is 366 g/mol. The number of hydrogen-bond acceptors (Lipinski definition) is 3. The highest BCUT2D eigenvalue weighted by atomic mass is 16.5. The van der Waals surface area contributed by atoms with E-state index in [0.717, 1.165) is 17.0 Å². The van der Waals surface area contributed by atoms with E-state index in [2.05, 4.69) is 5.32 Å². The van der Waals surface area contributed by atoms with Crippen molar-refractivity contribution >= 4 is 17.5 Å². The minimum absolute atomic E-state index is 0.0381. The van der Waals surface area contributed by atoms with Crippen molar-refractivity contribution in [3.63, 3.8) is 0 Å². The normalized spacial score (nSPS) is 14.6. The van der Waals surface area contributed by atoms with Crippen molar-refractivity contribution in [3.8, 4) is 5.75 Å². The molecule has 2 aromatic rings. The molecular formula is C22H26N2O3. The number of hydrogen-bond donors (Lipinski definition) is 1. The Bertz CT molecular complexity index is 768. The number of likely N-dealkylation sites (tertiary alicyclic amines) is 1. The van der Waals surface area contributed by atoms with Gasteiger partial charge < -0.3 is 15.0 Å². The summed E-state index contributed by atoms with van der Waals surface area (Å²) in [5.74, 6) is 0.903. The lowest BCUT2D eigenvalue weighted by atomic mass is 9.95. The first-order chi connectivity index (χ1) is 13.1. The van der Waals surface area contributed by atoms with Crippen molar-refractivity contribution in [3.05, 3.63) is 60.2 Å². The van der Waals surface area contributed by atoms with E-state index in [1.807, 2.05) is 66.4 Å². The van der Waals surface area contributed by atoms with E-state index in [0.29, 0.717) is 39.0 Å². The van der Waals surface area contributed by atoms with E-state index in [-0.39, 0.29) is 17.7 Å². The Labute approximate surface area is 160 Å². The molecule has 0 atom stereocenters. The molecule has 0 aromatic heterocycles. The molecule has 142 valence electrons. The largest absolute Gasteiger partial charge is 0.493 e. The molecule has 0 radical (unpaired) electrons. The van der Waals surface area contributed by atoms with Crippen LogP contribution in [0.25, 0.3) is 0 Å². The van der Waals surface area contributed by atoms with Crippen LogP contribution in [0.1, 0.15) is 24.8 Å². The second-order valence-electron chi connectivity index (χ2n) is 6.87. The molecule has 1 saturated heterocycles. The van der Waals surface area contributed by atoms with Crippen LogP contribution < -0.4 is 10.1 Å². The van der Waals surface area contributed by atoms with Crippen LogP contribution in [0.15, 0.2) is 54.6 Å². The number of nitrogens with one attached hydrogen (secondary N) is 1. The fourth-order valence-corrected chi connectivity index (χ4v) is 3.28. The van der Waals surface area contributed by atoms with Crippen molar-refractivity contribution in [2.24, 2.45) is 5.92 Å². The molecule has 2 aromatic carbocycles. The number of para-hydroxylation sites is 2. The lowest BCUT2D eigenvalue weighted by molar-refractivity contribution is -0.135. The van der Waals surface area contributed by atoms with Gasteiger partial charge in [0.15, 0.2) is 0 Å². The second kappa shape index (κ2) is 9.21. The van der Waals surface area contributed by atoms with Crippen LogP contribution >= 0.6 is 0 Å². The first-order valence-corrected chi connectivity index (χ1v) is 9.45. The molecule has 0 unspecified atom stereocenters. The molecule has 0 spiro atoms. The van der Waals surface area contributed by atoms with Crippen LogP contribution in [0.4, 0.5) is 5.69 Å². The molecular weight excluding hydrogens is 340 g/mol. The maximum atomic E-state index is 12.4. The standard InChI is InChI=1S/C22H26N2O3/c1-17-7-5-6-10-20(17)27-16-13-21(25)24-14-11-18(12-15-24)22(26)23-19-8-3-2-4-9-19/h2-10,18H,11-16H2,1H3,(H,23,26). The highest BCUT2D eigenvalue weighted by molar-refractivity contribution is 5.92. The summed E-state index contributed by atoms with van der Waals surface area (Å²) in [5, 5.41) is 2.95. The first-order valence-electron chi connectivity index (χ1n) is 9.45. The quantitative estimate of drug-likeness (QED) is 0.849. The summed E-state index contributed by atoms with van der Waals surface area (Å²) in [6, 6.07) is 17.3. The third-order valence-corrected chi connectivity index (χ3v) is 4.93. The van der Waals surface area contributed by atoms with E-state index in [9.17, 15) is 9.59 Å². The molecule has 1 aliphatic rings. The van der Waals surface area contributed by atoms with Crippen molar-refractivity contribution in [2.75, 3.05) is 25.0 Å². The summed E-state index contributed by atoms with van der Waals surface area (Å²) < 4.78 is 5.71. The van der Waals surface area contributed by atoms with Gasteiger partial charge in [-0.2, -0.15) is 0 Å². The molecule has 0 aliphatic carbocycles. The SMILES string of the molecule is Cc1ccccc1OCCC(=O)N1CCC(C(=O)Nc2ccccc2)CC1. The molecule has 2 amide bonds. The van der Waals surface area contributed by atoms with Crippen LogP contribution in [0.2, 0.25) is 0 Å². The average Bonchev–Trinajstić information content (AvgIpc) is 2.70. The van der Waals surface area contributed by atoms with Crippen LogP contribution in [0.5, 0.6) is 5.75 Å². The van der Waals surface area contributed by atoms with Crippen molar-refractivity contribution < 1.29 is 14.3 Å². The van der Waals surface area contributed by atoms with Gasteiger partial charge in [-0.15, -0.1) is 0 Å². The Morgan fingerprint density at radius 2 is 1.70 bits per heavy atom. The maximum Gasteiger partial charge on any atom is 0.227 e. The van der Waals surface area contributed by atoms with Crippen LogP contribution in [-0.4, -0.2) is 36.4 Å². The van der Waals surface area contributed by atoms with Gasteiger partial charge in [-0.1, -0.05) is 36.4 Å². The molecule has 1 aliphatic heterocycles. The lowest BCUT2D eigenvalue weighted by Gasteiger charge is -2.31. The van der Waals surface area contributed by atoms with Gasteiger partial charge in [0.1, 0.15) is 5.75 Å². The number of rotatable bonds is 6. The third-order valence-electron chi connectivity index (χ3n) is 4.93. The van der Waals surface area contributed by atoms with Crippen LogP contribution in [0, 0.1) is 12.8 Å². The van der Waals surface area contributed by atoms with Gasteiger partial charge in [-0.3, -0.25) is 9.59 Å². The number of anilines is 1.